The summed E-state index contributed by atoms with van der Waals surface area (Å²) >= 11 is 0. The molecule has 1 aliphatic rings. The molecule has 3 rings (SSSR count). The zero-order chi connectivity index (χ0) is 13.9. The number of nitrogens with zero attached hydrogens (tertiary/aromatic N) is 3. The Morgan fingerprint density at radius 2 is 1.80 bits per heavy atom. The number of rotatable bonds is 3. The summed E-state index contributed by atoms with van der Waals surface area (Å²) in [6.07, 6.45) is 2.17. The highest BCUT2D eigenvalue weighted by molar-refractivity contribution is 5.38. The topological polar surface area (TPSA) is 11.4 Å². The summed E-state index contributed by atoms with van der Waals surface area (Å²) in [5.74, 6) is 0. The Morgan fingerprint density at radius 1 is 1.00 bits per heavy atom. The number of aromatic nitrogens is 1. The van der Waals surface area contributed by atoms with Gasteiger partial charge in [0.1, 0.15) is 0 Å². The van der Waals surface area contributed by atoms with Crippen LogP contribution in [0.3, 0.4) is 0 Å². The zero-order valence-corrected chi connectivity index (χ0v) is 12.4. The molecule has 1 aliphatic heterocycles. The number of hydrogen-bond donors (Lipinski definition) is 0. The maximum absolute atomic E-state index is 2.54. The predicted octanol–water partition coefficient (Wildman–Crippen LogP) is 2.53. The molecule has 1 fully saturated rings. The number of likely N-dealkylation sites (N-methyl/N-ethyl adjacent to an activating group) is 1. The summed E-state index contributed by atoms with van der Waals surface area (Å²) < 4.78 is 2.31. The Labute approximate surface area is 121 Å². The van der Waals surface area contributed by atoms with E-state index < -0.39 is 0 Å². The van der Waals surface area contributed by atoms with Crippen molar-refractivity contribution in [2.24, 2.45) is 0 Å². The lowest BCUT2D eigenvalue weighted by molar-refractivity contribution is 0.146. The molecular formula is C17H23N3. The molecule has 1 saturated heterocycles. The molecule has 106 valence electrons. The van der Waals surface area contributed by atoms with E-state index in [1.54, 1.807) is 0 Å². The maximum atomic E-state index is 2.54. The highest BCUT2D eigenvalue weighted by atomic mass is 15.2. The smallest absolute Gasteiger partial charge is 0.0455 e. The molecule has 0 saturated carbocycles. The number of hydrogen-bond acceptors (Lipinski definition) is 2. The van der Waals surface area contributed by atoms with Crippen molar-refractivity contribution < 1.29 is 0 Å². The molecule has 0 aliphatic carbocycles. The van der Waals surface area contributed by atoms with Crippen LogP contribution in [0, 0.1) is 6.92 Å². The van der Waals surface area contributed by atoms with E-state index in [-0.39, 0.29) is 0 Å². The van der Waals surface area contributed by atoms with Crippen LogP contribution in [-0.4, -0.2) is 47.6 Å². The summed E-state index contributed by atoms with van der Waals surface area (Å²) in [4.78, 5) is 4.94. The molecule has 2 heterocycles. The Balaban J connectivity index is 1.77. The molecule has 2 aromatic rings. The van der Waals surface area contributed by atoms with Gasteiger partial charge in [-0.2, -0.15) is 0 Å². The molecule has 0 amide bonds. The molecule has 3 nitrogen and oxygen atoms in total. The Hall–Kier alpha value is -1.58. The molecule has 0 atom stereocenters. The molecule has 0 radical (unpaired) electrons. The van der Waals surface area contributed by atoms with Crippen molar-refractivity contribution in [2.45, 2.75) is 13.5 Å². The molecule has 0 spiro atoms. The van der Waals surface area contributed by atoms with Gasteiger partial charge < -0.3 is 9.47 Å². The lowest BCUT2D eigenvalue weighted by Crippen LogP contribution is -2.44. The average Bonchev–Trinajstić information content (AvgIpc) is 2.89. The lowest BCUT2D eigenvalue weighted by Gasteiger charge is -2.32. The first-order valence-corrected chi connectivity index (χ1v) is 7.36. The van der Waals surface area contributed by atoms with Gasteiger partial charge in [0, 0.05) is 50.3 Å². The van der Waals surface area contributed by atoms with Crippen LogP contribution in [0.5, 0.6) is 0 Å². The summed E-state index contributed by atoms with van der Waals surface area (Å²) in [6, 6.07) is 13.1. The first kappa shape index (κ1) is 13.4. The molecule has 1 aromatic heterocycles. The summed E-state index contributed by atoms with van der Waals surface area (Å²) in [7, 11) is 2.20. The van der Waals surface area contributed by atoms with E-state index in [0.29, 0.717) is 0 Å². The summed E-state index contributed by atoms with van der Waals surface area (Å²) in [5, 5.41) is 0. The van der Waals surface area contributed by atoms with E-state index in [9.17, 15) is 0 Å². The van der Waals surface area contributed by atoms with E-state index in [4.69, 9.17) is 0 Å². The van der Waals surface area contributed by atoms with Crippen LogP contribution in [0.25, 0.3) is 5.69 Å². The van der Waals surface area contributed by atoms with Crippen molar-refractivity contribution >= 4 is 0 Å². The standard InChI is InChI=1S/C17H23N3/c1-15-5-3-6-16(13-15)20-8-4-7-17(20)14-19-11-9-18(2)10-12-19/h3-8,13H,9-12,14H2,1-2H3. The van der Waals surface area contributed by atoms with Gasteiger partial charge in [-0.15, -0.1) is 0 Å². The van der Waals surface area contributed by atoms with Gasteiger partial charge in [-0.1, -0.05) is 12.1 Å². The monoisotopic (exact) mass is 269 g/mol. The third-order valence-electron chi connectivity index (χ3n) is 4.09. The molecule has 3 heteroatoms. The Morgan fingerprint density at radius 3 is 2.55 bits per heavy atom. The van der Waals surface area contributed by atoms with Crippen molar-refractivity contribution in [3.05, 3.63) is 53.9 Å². The average molecular weight is 269 g/mol. The minimum Gasteiger partial charge on any atom is -0.320 e. The Kier molecular flexibility index (Phi) is 3.90. The number of aryl methyl sites for hydroxylation is 1. The minimum absolute atomic E-state index is 1.04. The molecule has 0 N–H and O–H groups in total. The second-order valence-corrected chi connectivity index (χ2v) is 5.79. The fourth-order valence-electron chi connectivity index (χ4n) is 2.81. The first-order valence-electron chi connectivity index (χ1n) is 7.36. The van der Waals surface area contributed by atoms with Crippen molar-refractivity contribution in [1.82, 2.24) is 14.4 Å². The van der Waals surface area contributed by atoms with Crippen molar-refractivity contribution in [1.29, 1.82) is 0 Å². The van der Waals surface area contributed by atoms with Gasteiger partial charge in [0.25, 0.3) is 0 Å². The molecule has 20 heavy (non-hydrogen) atoms. The van der Waals surface area contributed by atoms with Crippen LogP contribution in [-0.2, 0) is 6.54 Å². The Bertz CT molecular complexity index is 565. The van der Waals surface area contributed by atoms with E-state index in [1.165, 1.54) is 30.0 Å². The second-order valence-electron chi connectivity index (χ2n) is 5.79. The van der Waals surface area contributed by atoms with Crippen LogP contribution in [0.4, 0.5) is 0 Å². The van der Waals surface area contributed by atoms with Gasteiger partial charge in [-0.3, -0.25) is 4.90 Å². The summed E-state index contributed by atoms with van der Waals surface area (Å²) in [5.41, 5.74) is 3.95. The van der Waals surface area contributed by atoms with Gasteiger partial charge in [0.05, 0.1) is 0 Å². The number of benzene rings is 1. The van der Waals surface area contributed by atoms with Crippen LogP contribution >= 0.6 is 0 Å². The maximum Gasteiger partial charge on any atom is 0.0455 e. The van der Waals surface area contributed by atoms with E-state index in [0.717, 1.165) is 19.6 Å². The summed E-state index contributed by atoms with van der Waals surface area (Å²) in [6.45, 7) is 7.85. The van der Waals surface area contributed by atoms with E-state index in [2.05, 4.69) is 70.9 Å². The quantitative estimate of drug-likeness (QED) is 0.848. The largest absolute Gasteiger partial charge is 0.320 e. The highest BCUT2D eigenvalue weighted by Crippen LogP contribution is 2.16. The van der Waals surface area contributed by atoms with Crippen molar-refractivity contribution in [3.63, 3.8) is 0 Å². The van der Waals surface area contributed by atoms with Crippen LogP contribution in [0.15, 0.2) is 42.6 Å². The van der Waals surface area contributed by atoms with Crippen LogP contribution in [0.1, 0.15) is 11.3 Å². The van der Waals surface area contributed by atoms with E-state index in [1.807, 2.05) is 0 Å². The van der Waals surface area contributed by atoms with Gasteiger partial charge >= 0.3 is 0 Å². The van der Waals surface area contributed by atoms with Gasteiger partial charge in [-0.05, 0) is 43.8 Å². The second kappa shape index (κ2) is 5.81. The molecular weight excluding hydrogens is 246 g/mol. The number of piperazine rings is 1. The fraction of sp³-hybridized carbons (Fsp3) is 0.412. The van der Waals surface area contributed by atoms with Gasteiger partial charge in [-0.25, -0.2) is 0 Å². The normalized spacial score (nSPS) is 17.5. The van der Waals surface area contributed by atoms with Crippen LogP contribution < -0.4 is 0 Å². The first-order chi connectivity index (χ1) is 9.72. The SMILES string of the molecule is Cc1cccc(-n2cccc2CN2CCN(C)CC2)c1. The molecule has 0 unspecified atom stereocenters. The zero-order valence-electron chi connectivity index (χ0n) is 12.4. The fourth-order valence-corrected chi connectivity index (χ4v) is 2.81. The highest BCUT2D eigenvalue weighted by Gasteiger charge is 2.15. The predicted molar refractivity (Wildman–Crippen MR) is 83.3 cm³/mol. The van der Waals surface area contributed by atoms with Gasteiger partial charge in [0.2, 0.25) is 0 Å². The third kappa shape index (κ3) is 2.94. The van der Waals surface area contributed by atoms with Crippen LogP contribution in [0.2, 0.25) is 0 Å². The van der Waals surface area contributed by atoms with E-state index >= 15 is 0 Å². The van der Waals surface area contributed by atoms with Crippen molar-refractivity contribution in [3.8, 4) is 5.69 Å². The minimum atomic E-state index is 1.04. The molecule has 0 bridgehead atoms. The third-order valence-corrected chi connectivity index (χ3v) is 4.09. The van der Waals surface area contributed by atoms with Gasteiger partial charge in [0.15, 0.2) is 0 Å². The van der Waals surface area contributed by atoms with Crippen molar-refractivity contribution in [2.75, 3.05) is 33.2 Å². The lowest BCUT2D eigenvalue weighted by atomic mass is 10.2. The molecule has 1 aromatic carbocycles.